The van der Waals surface area contributed by atoms with Crippen molar-refractivity contribution in [2.45, 2.75) is 388 Å². The fourth-order valence-electron chi connectivity index (χ4n) is 11.2. The van der Waals surface area contributed by atoms with Crippen LogP contribution >= 0.6 is 15.6 Å². The van der Waals surface area contributed by atoms with Gasteiger partial charge in [-0.1, -0.05) is 319 Å². The molecular formula is C74H144O17P2. The predicted octanol–water partition coefficient (Wildman–Crippen LogP) is 21.3. The van der Waals surface area contributed by atoms with Crippen LogP contribution in [-0.4, -0.2) is 96.7 Å². The van der Waals surface area contributed by atoms with Crippen molar-refractivity contribution in [3.63, 3.8) is 0 Å². The summed E-state index contributed by atoms with van der Waals surface area (Å²) in [4.78, 5) is 72.6. The molecule has 0 aromatic carbocycles. The standard InChI is InChI=1S/C74H144O17P2/c1-64(2)50-42-34-26-21-17-15-13-11-9-10-12-14-16-18-23-29-38-46-54-71(76)84-61-70(91-74(79)57-49-41-33-32-37-45-53-67(7)8)63-89-93(82,83)87-59-68(75)58-86-92(80,81)88-62-69(60-85-72(77)55-47-39-31-25-28-36-44-52-66(5)6)90-73(78)56-48-40-30-24-20-19-22-27-35-43-51-65(3)4/h64-70,75H,9-63H2,1-8H3,(H,80,81)(H,82,83)/t68?,69-,70-/m1/s1. The summed E-state index contributed by atoms with van der Waals surface area (Å²) in [5.74, 6) is 0.819. The minimum absolute atomic E-state index is 0.102. The van der Waals surface area contributed by atoms with Gasteiger partial charge in [0.2, 0.25) is 0 Å². The molecule has 3 unspecified atom stereocenters. The molecule has 0 fully saturated rings. The topological polar surface area (TPSA) is 237 Å². The Bertz CT molecular complexity index is 1830. The third kappa shape index (κ3) is 68.4. The average molecular weight is 1370 g/mol. The van der Waals surface area contributed by atoms with Gasteiger partial charge in [0.25, 0.3) is 0 Å². The van der Waals surface area contributed by atoms with E-state index in [-0.39, 0.29) is 25.7 Å². The highest BCUT2D eigenvalue weighted by Crippen LogP contribution is 2.45. The third-order valence-electron chi connectivity index (χ3n) is 17.1. The van der Waals surface area contributed by atoms with Crippen LogP contribution in [0.5, 0.6) is 0 Å². The Hall–Kier alpha value is -1.94. The molecule has 0 amide bonds. The Labute approximate surface area is 568 Å². The molecule has 17 nitrogen and oxygen atoms in total. The number of carbonyl (C=O) groups excluding carboxylic acids is 4. The van der Waals surface area contributed by atoms with Crippen LogP contribution < -0.4 is 0 Å². The zero-order valence-electron chi connectivity index (χ0n) is 60.9. The Balaban J connectivity index is 5.12. The van der Waals surface area contributed by atoms with Crippen molar-refractivity contribution in [2.75, 3.05) is 39.6 Å². The van der Waals surface area contributed by atoms with E-state index in [4.69, 9.17) is 37.0 Å². The summed E-state index contributed by atoms with van der Waals surface area (Å²) in [6, 6.07) is 0. The highest BCUT2D eigenvalue weighted by Gasteiger charge is 2.30. The first-order valence-electron chi connectivity index (χ1n) is 38.2. The quantitative estimate of drug-likeness (QED) is 0.0222. The molecular weight excluding hydrogens is 1220 g/mol. The minimum Gasteiger partial charge on any atom is -0.462 e. The van der Waals surface area contributed by atoms with Crippen molar-refractivity contribution in [1.29, 1.82) is 0 Å². The van der Waals surface area contributed by atoms with Crippen molar-refractivity contribution in [3.05, 3.63) is 0 Å². The van der Waals surface area contributed by atoms with Crippen LogP contribution in [0.3, 0.4) is 0 Å². The van der Waals surface area contributed by atoms with Crippen LogP contribution in [0.15, 0.2) is 0 Å². The van der Waals surface area contributed by atoms with E-state index in [0.717, 1.165) is 108 Å². The first kappa shape index (κ1) is 91.1. The second-order valence-electron chi connectivity index (χ2n) is 28.6. The van der Waals surface area contributed by atoms with Gasteiger partial charge in [-0.2, -0.15) is 0 Å². The molecule has 0 heterocycles. The van der Waals surface area contributed by atoms with E-state index >= 15 is 0 Å². The molecule has 0 aliphatic rings. The van der Waals surface area contributed by atoms with E-state index in [1.807, 2.05) is 0 Å². The molecule has 19 heteroatoms. The fourth-order valence-corrected chi connectivity index (χ4v) is 12.8. The summed E-state index contributed by atoms with van der Waals surface area (Å²) in [5.41, 5.74) is 0. The normalized spacial score (nSPS) is 14.2. The van der Waals surface area contributed by atoms with E-state index in [2.05, 4.69) is 55.4 Å². The Kier molecular flexibility index (Phi) is 62.2. The molecule has 0 spiro atoms. The van der Waals surface area contributed by atoms with Gasteiger partial charge >= 0.3 is 39.5 Å². The van der Waals surface area contributed by atoms with Crippen molar-refractivity contribution >= 4 is 39.5 Å². The molecule has 93 heavy (non-hydrogen) atoms. The zero-order chi connectivity index (χ0) is 68.9. The van der Waals surface area contributed by atoms with Crippen LogP contribution in [0.4, 0.5) is 0 Å². The number of ether oxygens (including phenoxy) is 4. The molecule has 0 aliphatic heterocycles. The largest absolute Gasteiger partial charge is 0.472 e. The molecule has 552 valence electrons. The molecule has 0 aliphatic carbocycles. The van der Waals surface area contributed by atoms with E-state index in [1.165, 1.54) is 167 Å². The van der Waals surface area contributed by atoms with Gasteiger partial charge in [0, 0.05) is 25.7 Å². The van der Waals surface area contributed by atoms with Gasteiger partial charge in [-0.25, -0.2) is 9.13 Å². The Morgan fingerprint density at radius 1 is 0.269 bits per heavy atom. The highest BCUT2D eigenvalue weighted by atomic mass is 31.2. The second kappa shape index (κ2) is 63.5. The number of aliphatic hydroxyl groups is 1. The third-order valence-corrected chi connectivity index (χ3v) is 19.0. The Morgan fingerprint density at radius 2 is 0.452 bits per heavy atom. The minimum atomic E-state index is -4.95. The van der Waals surface area contributed by atoms with Crippen LogP contribution in [-0.2, 0) is 65.4 Å². The van der Waals surface area contributed by atoms with Gasteiger partial charge in [-0.05, 0) is 49.4 Å². The molecule has 3 N–H and O–H groups in total. The number of aliphatic hydroxyl groups excluding tert-OH is 1. The lowest BCUT2D eigenvalue weighted by atomic mass is 10.0. The summed E-state index contributed by atoms with van der Waals surface area (Å²) in [7, 11) is -9.90. The summed E-state index contributed by atoms with van der Waals surface area (Å²) in [5, 5.41) is 10.6. The lowest BCUT2D eigenvalue weighted by Crippen LogP contribution is -2.30. The maximum absolute atomic E-state index is 13.0. The molecule has 0 aromatic heterocycles. The lowest BCUT2D eigenvalue weighted by Gasteiger charge is -2.21. The first-order chi connectivity index (χ1) is 44.6. The summed E-state index contributed by atoms with van der Waals surface area (Å²) in [6.45, 7) is 14.1. The fraction of sp³-hybridized carbons (Fsp3) is 0.946. The van der Waals surface area contributed by atoms with Gasteiger partial charge < -0.3 is 33.8 Å². The summed E-state index contributed by atoms with van der Waals surface area (Å²) >= 11 is 0. The first-order valence-corrected chi connectivity index (χ1v) is 41.2. The van der Waals surface area contributed by atoms with Gasteiger partial charge in [0.05, 0.1) is 26.4 Å². The Morgan fingerprint density at radius 3 is 0.667 bits per heavy atom. The SMILES string of the molecule is CC(C)CCCCCCCCCCCCCCCCCCCCC(=O)OC[C@H](COP(=O)(O)OCC(O)COP(=O)(O)OC[C@@H](COC(=O)CCCCCCCCCC(C)C)OC(=O)CCCCCCCCCCCCC(C)C)OC(=O)CCCCCCCCC(C)C. The van der Waals surface area contributed by atoms with E-state index in [9.17, 15) is 43.2 Å². The number of phosphoric acid groups is 2. The monoisotopic (exact) mass is 1370 g/mol. The summed E-state index contributed by atoms with van der Waals surface area (Å²) in [6.07, 6.45) is 47.7. The molecule has 0 bridgehead atoms. The van der Waals surface area contributed by atoms with Gasteiger partial charge in [-0.15, -0.1) is 0 Å². The number of hydrogen-bond acceptors (Lipinski definition) is 15. The van der Waals surface area contributed by atoms with Crippen LogP contribution in [0.1, 0.15) is 370 Å². The smallest absolute Gasteiger partial charge is 0.462 e. The molecule has 5 atom stereocenters. The molecule has 0 rings (SSSR count). The zero-order valence-corrected chi connectivity index (χ0v) is 62.7. The maximum Gasteiger partial charge on any atom is 0.472 e. The highest BCUT2D eigenvalue weighted by molar-refractivity contribution is 7.47. The average Bonchev–Trinajstić information content (AvgIpc) is 2.45. The second-order valence-corrected chi connectivity index (χ2v) is 31.5. The molecule has 0 saturated heterocycles. The van der Waals surface area contributed by atoms with E-state index < -0.39 is 97.5 Å². The van der Waals surface area contributed by atoms with Crippen LogP contribution in [0.25, 0.3) is 0 Å². The van der Waals surface area contributed by atoms with Gasteiger partial charge in [-0.3, -0.25) is 37.3 Å². The molecule has 0 radical (unpaired) electrons. The van der Waals surface area contributed by atoms with E-state index in [0.29, 0.717) is 37.5 Å². The van der Waals surface area contributed by atoms with Crippen molar-refractivity contribution < 1.29 is 80.2 Å². The lowest BCUT2D eigenvalue weighted by molar-refractivity contribution is -0.161. The molecule has 0 aromatic rings. The van der Waals surface area contributed by atoms with Gasteiger partial charge in [0.1, 0.15) is 19.3 Å². The number of carbonyl (C=O) groups is 4. The van der Waals surface area contributed by atoms with Crippen molar-refractivity contribution in [2.24, 2.45) is 23.7 Å². The van der Waals surface area contributed by atoms with Crippen LogP contribution in [0, 0.1) is 23.7 Å². The number of rotatable bonds is 71. The number of unbranched alkanes of at least 4 members (excludes halogenated alkanes) is 37. The molecule has 0 saturated carbocycles. The van der Waals surface area contributed by atoms with Crippen molar-refractivity contribution in [3.8, 4) is 0 Å². The number of phosphoric ester groups is 2. The van der Waals surface area contributed by atoms with Gasteiger partial charge in [0.15, 0.2) is 12.2 Å². The maximum atomic E-state index is 13.0. The van der Waals surface area contributed by atoms with Crippen molar-refractivity contribution in [1.82, 2.24) is 0 Å². The van der Waals surface area contributed by atoms with E-state index in [1.54, 1.807) is 0 Å². The number of hydrogen-bond donors (Lipinski definition) is 3. The van der Waals surface area contributed by atoms with Crippen LogP contribution in [0.2, 0.25) is 0 Å². The predicted molar refractivity (Wildman–Crippen MR) is 377 cm³/mol. The number of esters is 4. The summed E-state index contributed by atoms with van der Waals surface area (Å²) < 4.78 is 68.3.